The summed E-state index contributed by atoms with van der Waals surface area (Å²) in [6.45, 7) is 5.14. The molecule has 4 nitrogen and oxygen atoms in total. The number of hydrogen-bond donors (Lipinski definition) is 0. The summed E-state index contributed by atoms with van der Waals surface area (Å²) in [5, 5.41) is 0. The normalized spacial score (nSPS) is 11.4. The summed E-state index contributed by atoms with van der Waals surface area (Å²) in [4.78, 5) is 24.1. The minimum atomic E-state index is 0.268. The van der Waals surface area contributed by atoms with Crippen LogP contribution in [0.25, 0.3) is 0 Å². The van der Waals surface area contributed by atoms with E-state index in [4.69, 9.17) is 4.74 Å². The van der Waals surface area contributed by atoms with E-state index in [1.807, 2.05) is 0 Å². The highest BCUT2D eigenvalue weighted by Gasteiger charge is 2.09. The lowest BCUT2D eigenvalue weighted by Crippen LogP contribution is -2.18. The molecule has 0 amide bonds. The zero-order valence-corrected chi connectivity index (χ0v) is 15.0. The molecule has 0 aromatic heterocycles. The molecule has 0 fully saturated rings. The highest BCUT2D eigenvalue weighted by atomic mass is 16.5. The van der Waals surface area contributed by atoms with E-state index in [0.29, 0.717) is 12.8 Å². The summed E-state index contributed by atoms with van der Waals surface area (Å²) in [6.07, 6.45) is 8.74. The third-order valence-electron chi connectivity index (χ3n) is 3.71. The molecule has 0 rings (SSSR count). The molecule has 4 heteroatoms. The Morgan fingerprint density at radius 3 is 1.77 bits per heavy atom. The second-order valence-electron chi connectivity index (χ2n) is 6.55. The van der Waals surface area contributed by atoms with Gasteiger partial charge >= 0.3 is 0 Å². The summed E-state index contributed by atoms with van der Waals surface area (Å²) in [5.74, 6) is 0.537. The molecule has 0 unspecified atom stereocenters. The molecule has 0 saturated carbocycles. The van der Waals surface area contributed by atoms with Crippen molar-refractivity contribution < 1.29 is 14.3 Å². The molecule has 130 valence electrons. The number of nitrogens with zero attached hydrogens (tertiary/aromatic N) is 1. The molecule has 0 N–H and O–H groups in total. The number of rotatable bonds is 15. The minimum Gasteiger partial charge on any atom is -0.378 e. The van der Waals surface area contributed by atoms with Crippen LogP contribution in [0.5, 0.6) is 0 Å². The van der Waals surface area contributed by atoms with E-state index in [2.05, 4.69) is 19.0 Å². The van der Waals surface area contributed by atoms with Gasteiger partial charge in [0.2, 0.25) is 0 Å². The maximum absolute atomic E-state index is 11.0. The Bertz CT molecular complexity index is 281. The smallest absolute Gasteiger partial charge is 0.129 e. The van der Waals surface area contributed by atoms with Gasteiger partial charge < -0.3 is 19.2 Å². The number of ether oxygens (including phenoxy) is 1. The molecule has 0 bridgehead atoms. The van der Waals surface area contributed by atoms with Crippen LogP contribution in [0.15, 0.2) is 0 Å². The number of carbonyl (C=O) groups excluding carboxylic acids is 2. The molecule has 0 aliphatic heterocycles. The van der Waals surface area contributed by atoms with Crippen molar-refractivity contribution in [2.45, 2.75) is 77.7 Å². The Morgan fingerprint density at radius 2 is 1.36 bits per heavy atom. The molecule has 0 spiro atoms. The van der Waals surface area contributed by atoms with Gasteiger partial charge in [0.05, 0.1) is 6.10 Å². The highest BCUT2D eigenvalue weighted by Crippen LogP contribution is 2.15. The van der Waals surface area contributed by atoms with E-state index >= 15 is 0 Å². The van der Waals surface area contributed by atoms with Crippen molar-refractivity contribution in [2.24, 2.45) is 0 Å². The van der Waals surface area contributed by atoms with Crippen molar-refractivity contribution in [3.8, 4) is 0 Å². The van der Waals surface area contributed by atoms with Crippen molar-refractivity contribution in [3.63, 3.8) is 0 Å². The predicted octanol–water partition coefficient (Wildman–Crippen LogP) is 3.62. The van der Waals surface area contributed by atoms with E-state index in [9.17, 15) is 9.59 Å². The second kappa shape index (κ2) is 13.9. The van der Waals surface area contributed by atoms with E-state index in [0.717, 1.165) is 58.1 Å². The number of unbranched alkanes of at least 4 members (excludes halogenated alkanes) is 2. The molecular formula is C18H35NO3. The number of carbonyl (C=O) groups is 2. The summed E-state index contributed by atoms with van der Waals surface area (Å²) in [6, 6.07) is 0. The van der Waals surface area contributed by atoms with Gasteiger partial charge in [-0.25, -0.2) is 0 Å². The standard InChI is InChI=1S/C18H35NO3/c1-16(20)10-5-7-12-18(13-8-6-11-17(2)21)22-15-9-14-19(3)4/h18H,5-15H2,1-4H3. The van der Waals surface area contributed by atoms with Crippen LogP contribution in [0.2, 0.25) is 0 Å². The van der Waals surface area contributed by atoms with E-state index < -0.39 is 0 Å². The third-order valence-corrected chi connectivity index (χ3v) is 3.71. The first-order valence-electron chi connectivity index (χ1n) is 8.67. The van der Waals surface area contributed by atoms with Crippen LogP contribution in [0.3, 0.4) is 0 Å². The Hall–Kier alpha value is -0.740. The summed E-state index contributed by atoms with van der Waals surface area (Å²) in [5.41, 5.74) is 0. The van der Waals surface area contributed by atoms with Crippen LogP contribution in [0.1, 0.15) is 71.6 Å². The lowest BCUT2D eigenvalue weighted by atomic mass is 10.0. The van der Waals surface area contributed by atoms with Gasteiger partial charge in [0.15, 0.2) is 0 Å². The fourth-order valence-electron chi connectivity index (χ4n) is 2.43. The monoisotopic (exact) mass is 313 g/mol. The zero-order chi connectivity index (χ0) is 16.8. The molecule has 0 saturated heterocycles. The van der Waals surface area contributed by atoms with Crippen molar-refractivity contribution in [2.75, 3.05) is 27.2 Å². The third kappa shape index (κ3) is 15.6. The lowest BCUT2D eigenvalue weighted by Gasteiger charge is -2.18. The van der Waals surface area contributed by atoms with Gasteiger partial charge in [-0.2, -0.15) is 0 Å². The van der Waals surface area contributed by atoms with Gasteiger partial charge in [-0.1, -0.05) is 12.8 Å². The molecule has 0 aliphatic rings. The Morgan fingerprint density at radius 1 is 0.864 bits per heavy atom. The van der Waals surface area contributed by atoms with Gasteiger partial charge in [0.1, 0.15) is 11.6 Å². The molecule has 0 aromatic carbocycles. The van der Waals surface area contributed by atoms with E-state index in [1.165, 1.54) is 0 Å². The minimum absolute atomic E-state index is 0.268. The van der Waals surface area contributed by atoms with Gasteiger partial charge in [-0.05, 0) is 66.6 Å². The fraction of sp³-hybridized carbons (Fsp3) is 0.889. The summed E-state index contributed by atoms with van der Waals surface area (Å²) in [7, 11) is 4.14. The maximum atomic E-state index is 11.0. The molecule has 0 aliphatic carbocycles. The Labute approximate surface area is 136 Å². The first kappa shape index (κ1) is 21.3. The summed E-state index contributed by atoms with van der Waals surface area (Å²) >= 11 is 0. The van der Waals surface area contributed by atoms with Crippen LogP contribution in [-0.2, 0) is 14.3 Å². The molecule has 0 radical (unpaired) electrons. The van der Waals surface area contributed by atoms with Crippen molar-refractivity contribution in [3.05, 3.63) is 0 Å². The van der Waals surface area contributed by atoms with Crippen LogP contribution < -0.4 is 0 Å². The average molecular weight is 313 g/mol. The quantitative estimate of drug-likeness (QED) is 0.433. The largest absolute Gasteiger partial charge is 0.378 e. The van der Waals surface area contributed by atoms with Crippen LogP contribution in [0, 0.1) is 0 Å². The van der Waals surface area contributed by atoms with Crippen LogP contribution in [-0.4, -0.2) is 49.8 Å². The zero-order valence-electron chi connectivity index (χ0n) is 15.0. The Kier molecular flexibility index (Phi) is 13.4. The lowest BCUT2D eigenvalue weighted by molar-refractivity contribution is -0.117. The molecule has 0 aromatic rings. The predicted molar refractivity (Wildman–Crippen MR) is 91.2 cm³/mol. The van der Waals surface area contributed by atoms with Crippen molar-refractivity contribution in [1.29, 1.82) is 0 Å². The summed E-state index contributed by atoms with van der Waals surface area (Å²) < 4.78 is 6.01. The second-order valence-corrected chi connectivity index (χ2v) is 6.55. The first-order chi connectivity index (χ1) is 10.4. The van der Waals surface area contributed by atoms with Gasteiger partial charge in [0, 0.05) is 19.4 Å². The van der Waals surface area contributed by atoms with Gasteiger partial charge in [-0.3, -0.25) is 0 Å². The van der Waals surface area contributed by atoms with Gasteiger partial charge in [-0.15, -0.1) is 0 Å². The average Bonchev–Trinajstić information content (AvgIpc) is 2.42. The van der Waals surface area contributed by atoms with E-state index in [1.54, 1.807) is 13.8 Å². The number of hydrogen-bond acceptors (Lipinski definition) is 4. The molecule has 22 heavy (non-hydrogen) atoms. The SMILES string of the molecule is CC(=O)CCCCC(CCCCC(C)=O)OCCCN(C)C. The number of ketones is 2. The number of Topliss-reactive ketones (excluding diaryl/α,β-unsaturated/α-hetero) is 2. The molecular weight excluding hydrogens is 278 g/mol. The fourth-order valence-corrected chi connectivity index (χ4v) is 2.43. The topological polar surface area (TPSA) is 46.6 Å². The Balaban J connectivity index is 3.90. The van der Waals surface area contributed by atoms with Crippen molar-refractivity contribution in [1.82, 2.24) is 4.90 Å². The van der Waals surface area contributed by atoms with Crippen LogP contribution >= 0.6 is 0 Å². The maximum Gasteiger partial charge on any atom is 0.129 e. The highest BCUT2D eigenvalue weighted by molar-refractivity contribution is 5.75. The van der Waals surface area contributed by atoms with Crippen LogP contribution in [0.4, 0.5) is 0 Å². The van der Waals surface area contributed by atoms with Crippen molar-refractivity contribution >= 4 is 11.6 Å². The van der Waals surface area contributed by atoms with Gasteiger partial charge in [0.25, 0.3) is 0 Å². The molecule has 0 heterocycles. The van der Waals surface area contributed by atoms with E-state index in [-0.39, 0.29) is 17.7 Å². The molecule has 0 atom stereocenters. The first-order valence-corrected chi connectivity index (χ1v) is 8.67.